The van der Waals surface area contributed by atoms with E-state index in [2.05, 4.69) is 94.8 Å². The summed E-state index contributed by atoms with van der Waals surface area (Å²) in [5, 5.41) is 12.5. The third-order valence-electron chi connectivity index (χ3n) is 12.7. The van der Waals surface area contributed by atoms with E-state index in [1.54, 1.807) is 0 Å². The van der Waals surface area contributed by atoms with Crippen LogP contribution in [0.2, 0.25) is 0 Å². The number of aryl methyl sites for hydroxylation is 1. The molecule has 15 heteroatoms. The van der Waals surface area contributed by atoms with Crippen molar-refractivity contribution in [3.8, 4) is 0 Å². The molecule has 15 nitrogen and oxygen atoms in total. The summed E-state index contributed by atoms with van der Waals surface area (Å²) in [5.41, 5.74) is 8.45. The van der Waals surface area contributed by atoms with Crippen molar-refractivity contribution >= 4 is 39.2 Å². The number of nitrogens with zero attached hydrogens (tertiary/aromatic N) is 10. The zero-order valence-corrected chi connectivity index (χ0v) is 34.8. The molecule has 5 unspecified atom stereocenters. The highest BCUT2D eigenvalue weighted by Gasteiger charge is 2.32. The summed E-state index contributed by atoms with van der Waals surface area (Å²) < 4.78 is 32.2. The quantitative estimate of drug-likeness (QED) is 0.108. The minimum absolute atomic E-state index is 0.178. The van der Waals surface area contributed by atoms with E-state index in [-0.39, 0.29) is 24.4 Å². The molecular weight excluding hydrogens is 785 g/mol. The van der Waals surface area contributed by atoms with Gasteiger partial charge in [-0.2, -0.15) is 0 Å². The second-order valence-corrected chi connectivity index (χ2v) is 17.6. The van der Waals surface area contributed by atoms with Crippen molar-refractivity contribution in [3.05, 3.63) is 114 Å². The first-order valence-electron chi connectivity index (χ1n) is 22.2. The van der Waals surface area contributed by atoms with Crippen LogP contribution in [-0.4, -0.2) is 123 Å². The molecule has 8 heterocycles. The summed E-state index contributed by atoms with van der Waals surface area (Å²) >= 11 is 0. The van der Waals surface area contributed by atoms with Crippen molar-refractivity contribution in [1.29, 1.82) is 0 Å². The van der Waals surface area contributed by atoms with E-state index in [1.165, 1.54) is 5.69 Å². The third-order valence-corrected chi connectivity index (χ3v) is 12.7. The van der Waals surface area contributed by atoms with E-state index in [1.807, 2.05) is 18.2 Å². The Labute approximate surface area is 359 Å². The lowest BCUT2D eigenvalue weighted by Crippen LogP contribution is -2.41. The van der Waals surface area contributed by atoms with E-state index >= 15 is 0 Å². The molecule has 0 bridgehead atoms. The maximum Gasteiger partial charge on any atom is 0.124 e. The molecule has 0 amide bonds. The van der Waals surface area contributed by atoms with Gasteiger partial charge in [0.05, 0.1) is 154 Å². The molecule has 12 rings (SSSR count). The molecule has 4 saturated heterocycles. The predicted octanol–water partition coefficient (Wildman–Crippen LogP) is 4.55. The number of epoxide rings is 4. The van der Waals surface area contributed by atoms with E-state index in [4.69, 9.17) is 38.9 Å². The Kier molecular flexibility index (Phi) is 10.00. The molecule has 5 atom stereocenters. The van der Waals surface area contributed by atoms with Gasteiger partial charge in [0, 0.05) is 13.1 Å². The van der Waals surface area contributed by atoms with Crippen LogP contribution < -0.4 is 0 Å². The molecule has 5 aliphatic rings. The number of fused-ring (bicyclic) bond motifs is 4. The third kappa shape index (κ3) is 8.21. The molecule has 1 aliphatic carbocycles. The molecule has 1 N–H and O–H groups in total. The van der Waals surface area contributed by atoms with Crippen LogP contribution in [0.3, 0.4) is 0 Å². The Hall–Kier alpha value is -5.26. The average Bonchev–Trinajstić information content (AvgIpc) is 4.08. The highest BCUT2D eigenvalue weighted by molar-refractivity contribution is 5.77. The van der Waals surface area contributed by atoms with Gasteiger partial charge in [-0.05, 0) is 55.3 Å². The van der Waals surface area contributed by atoms with Gasteiger partial charge < -0.3 is 42.3 Å². The maximum atomic E-state index is 12.5. The topological polar surface area (TPSA) is 148 Å². The van der Waals surface area contributed by atoms with Crippen molar-refractivity contribution in [2.45, 2.75) is 95.7 Å². The highest BCUT2D eigenvalue weighted by atomic mass is 16.6. The molecule has 3 aromatic carbocycles. The fraction of sp³-hybridized carbons (Fsp3) is 0.447. The van der Waals surface area contributed by atoms with E-state index in [0.717, 1.165) is 128 Å². The molecule has 62 heavy (non-hydrogen) atoms. The molecule has 7 aromatic rings. The fourth-order valence-corrected chi connectivity index (χ4v) is 9.36. The van der Waals surface area contributed by atoms with Crippen LogP contribution in [0.1, 0.15) is 41.1 Å². The Morgan fingerprint density at radius 2 is 0.903 bits per heavy atom. The van der Waals surface area contributed by atoms with Gasteiger partial charge in [-0.25, -0.2) is 19.9 Å². The van der Waals surface area contributed by atoms with Crippen LogP contribution in [0.4, 0.5) is 0 Å². The SMILES string of the molecule is OC(CN(Cc1nc2c(n1CC1CO1)C=CCC2)Cc1nc2ccccc2n1CC1CO1)CN(Cc1nc2ccccc2n1CC1CO1)Cc1nc2ccccc2n1CC1CO1. The van der Waals surface area contributed by atoms with Crippen LogP contribution in [-0.2, 0) is 77.7 Å². The van der Waals surface area contributed by atoms with Crippen molar-refractivity contribution < 1.29 is 24.1 Å². The number of hydrogen-bond donors (Lipinski definition) is 1. The van der Waals surface area contributed by atoms with Gasteiger partial charge in [0.1, 0.15) is 23.3 Å². The number of benzene rings is 3. The van der Waals surface area contributed by atoms with Gasteiger partial charge in [-0.3, -0.25) is 9.80 Å². The first-order chi connectivity index (χ1) is 30.5. The van der Waals surface area contributed by atoms with Crippen LogP contribution in [0.5, 0.6) is 0 Å². The molecular formula is C47H52N10O5. The second kappa shape index (κ2) is 16.1. The minimum atomic E-state index is -0.738. The first-order valence-corrected chi connectivity index (χ1v) is 22.2. The lowest BCUT2D eigenvalue weighted by Gasteiger charge is -2.29. The molecule has 4 fully saturated rings. The molecule has 4 aromatic heterocycles. The van der Waals surface area contributed by atoms with E-state index in [9.17, 15) is 5.11 Å². The number of rotatable bonds is 20. The standard InChI is InChI=1S/C47H52N10O5/c58-31(17-52(23-44-48-36-9-1-5-13-40(36)54(44)19-32-27-59-32)24-45-49-37-10-2-6-14-41(37)55(45)20-33-28-60-33)18-53(25-46-50-38-11-3-7-15-42(38)56(46)21-34-29-61-34)26-47-51-39-12-4-8-16-43(39)57(47)22-35-30-62-35/h1-3,5-11,13-16,31-35,58H,4,12,17-30H2. The largest absolute Gasteiger partial charge is 0.390 e. The van der Waals surface area contributed by atoms with Gasteiger partial charge in [0.15, 0.2) is 0 Å². The number of aliphatic hydroxyl groups excluding tert-OH is 1. The van der Waals surface area contributed by atoms with Crippen LogP contribution in [0.15, 0.2) is 78.9 Å². The van der Waals surface area contributed by atoms with Crippen molar-refractivity contribution in [2.75, 3.05) is 39.5 Å². The normalized spacial score (nSPS) is 21.8. The highest BCUT2D eigenvalue weighted by Crippen LogP contribution is 2.28. The summed E-state index contributed by atoms with van der Waals surface area (Å²) in [6, 6.07) is 25.0. The molecule has 0 radical (unpaired) electrons. The number of aliphatic hydroxyl groups is 1. The Morgan fingerprint density at radius 3 is 1.31 bits per heavy atom. The predicted molar refractivity (Wildman–Crippen MR) is 232 cm³/mol. The van der Waals surface area contributed by atoms with Gasteiger partial charge in [0.25, 0.3) is 0 Å². The minimum Gasteiger partial charge on any atom is -0.390 e. The van der Waals surface area contributed by atoms with Crippen molar-refractivity contribution in [3.63, 3.8) is 0 Å². The number of hydrogen-bond acceptors (Lipinski definition) is 11. The lowest BCUT2D eigenvalue weighted by atomic mass is 10.1. The Morgan fingerprint density at radius 1 is 0.532 bits per heavy atom. The summed E-state index contributed by atoms with van der Waals surface area (Å²) in [5.74, 6) is 3.82. The second-order valence-electron chi connectivity index (χ2n) is 17.6. The molecule has 0 saturated carbocycles. The van der Waals surface area contributed by atoms with Crippen LogP contribution >= 0.6 is 0 Å². The zero-order chi connectivity index (χ0) is 41.1. The molecule has 4 aliphatic heterocycles. The fourth-order valence-electron chi connectivity index (χ4n) is 9.36. The van der Waals surface area contributed by atoms with Gasteiger partial charge in [0.2, 0.25) is 0 Å². The summed E-state index contributed by atoms with van der Waals surface area (Å²) in [7, 11) is 0. The number of ether oxygens (including phenoxy) is 4. The number of allylic oxidation sites excluding steroid dienone is 1. The lowest BCUT2D eigenvalue weighted by molar-refractivity contribution is 0.0581. The monoisotopic (exact) mass is 836 g/mol. The van der Waals surface area contributed by atoms with Crippen LogP contribution in [0.25, 0.3) is 39.2 Å². The number of imidazole rings is 4. The summed E-state index contributed by atoms with van der Waals surface area (Å²) in [6.07, 6.45) is 6.36. The van der Waals surface area contributed by atoms with Crippen molar-refractivity contribution in [2.24, 2.45) is 0 Å². The molecule has 0 spiro atoms. The number of aromatic nitrogens is 8. The Bertz CT molecular complexity index is 2680. The summed E-state index contributed by atoms with van der Waals surface area (Å²) in [6.45, 7) is 8.91. The Balaban J connectivity index is 0.887. The number of para-hydroxylation sites is 6. The first kappa shape index (κ1) is 38.4. The average molecular weight is 837 g/mol. The van der Waals surface area contributed by atoms with Crippen LogP contribution in [0, 0.1) is 0 Å². The van der Waals surface area contributed by atoms with Gasteiger partial charge in [-0.1, -0.05) is 42.5 Å². The van der Waals surface area contributed by atoms with E-state index < -0.39 is 6.10 Å². The smallest absolute Gasteiger partial charge is 0.124 e. The van der Waals surface area contributed by atoms with Gasteiger partial charge >= 0.3 is 0 Å². The molecule has 320 valence electrons. The van der Waals surface area contributed by atoms with Gasteiger partial charge in [-0.15, -0.1) is 0 Å². The van der Waals surface area contributed by atoms with E-state index in [0.29, 0.717) is 39.3 Å². The van der Waals surface area contributed by atoms with Crippen molar-refractivity contribution in [1.82, 2.24) is 48.0 Å². The summed E-state index contributed by atoms with van der Waals surface area (Å²) in [4.78, 5) is 25.5. The maximum absolute atomic E-state index is 12.5. The zero-order valence-electron chi connectivity index (χ0n) is 34.8.